The van der Waals surface area contributed by atoms with Gasteiger partial charge in [0, 0.05) is 45.8 Å². The number of hydrogen-bond donors (Lipinski definition) is 1. The van der Waals surface area contributed by atoms with Crippen LogP contribution in [-0.4, -0.2) is 82.1 Å². The third-order valence-corrected chi connectivity index (χ3v) is 6.31. The summed E-state index contributed by atoms with van der Waals surface area (Å²) in [6.45, 7) is 7.08. The van der Waals surface area contributed by atoms with Crippen LogP contribution in [0.2, 0.25) is 0 Å². The monoisotopic (exact) mass is 275 g/mol. The average Bonchev–Trinajstić information content (AvgIpc) is 2.66. The van der Waals surface area contributed by atoms with Gasteiger partial charge in [0.05, 0.1) is 11.0 Å². The molecule has 2 fully saturated rings. The van der Waals surface area contributed by atoms with Crippen LogP contribution in [0.4, 0.5) is 0 Å². The maximum Gasteiger partial charge on any atom is 0.154 e. The predicted molar refractivity (Wildman–Crippen MR) is 73.6 cm³/mol. The predicted octanol–water partition coefficient (Wildman–Crippen LogP) is -0.599. The summed E-state index contributed by atoms with van der Waals surface area (Å²) < 4.78 is 23.3. The first kappa shape index (κ1) is 14.2. The van der Waals surface area contributed by atoms with E-state index in [1.807, 2.05) is 0 Å². The van der Waals surface area contributed by atoms with E-state index in [9.17, 15) is 8.42 Å². The molecule has 0 radical (unpaired) electrons. The fourth-order valence-electron chi connectivity index (χ4n) is 2.66. The zero-order chi connectivity index (χ0) is 13.0. The van der Waals surface area contributed by atoms with Crippen molar-refractivity contribution < 1.29 is 8.42 Å². The van der Waals surface area contributed by atoms with Gasteiger partial charge in [-0.15, -0.1) is 0 Å². The van der Waals surface area contributed by atoms with Gasteiger partial charge < -0.3 is 10.2 Å². The molecular weight excluding hydrogens is 250 g/mol. The van der Waals surface area contributed by atoms with Crippen molar-refractivity contribution in [1.82, 2.24) is 15.1 Å². The molecule has 0 aromatic heterocycles. The average molecular weight is 275 g/mol. The lowest BCUT2D eigenvalue weighted by Crippen LogP contribution is -2.47. The number of piperazine rings is 1. The molecule has 1 N–H and O–H groups in total. The quantitative estimate of drug-likeness (QED) is 0.679. The van der Waals surface area contributed by atoms with Gasteiger partial charge in [0.15, 0.2) is 9.84 Å². The lowest BCUT2D eigenvalue weighted by Gasteiger charge is -2.32. The van der Waals surface area contributed by atoms with Gasteiger partial charge in [-0.05, 0) is 19.9 Å². The molecule has 18 heavy (non-hydrogen) atoms. The van der Waals surface area contributed by atoms with Gasteiger partial charge in [0.1, 0.15) is 0 Å². The van der Waals surface area contributed by atoms with Crippen LogP contribution in [0.5, 0.6) is 0 Å². The molecule has 1 unspecified atom stereocenters. The molecule has 2 rings (SSSR count). The molecular formula is C12H25N3O2S. The van der Waals surface area contributed by atoms with E-state index in [0.717, 1.165) is 52.1 Å². The molecule has 6 heteroatoms. The second-order valence-corrected chi connectivity index (χ2v) is 7.88. The van der Waals surface area contributed by atoms with Gasteiger partial charge in [-0.1, -0.05) is 0 Å². The Labute approximate surface area is 110 Å². The highest BCUT2D eigenvalue weighted by Crippen LogP contribution is 2.18. The van der Waals surface area contributed by atoms with Crippen molar-refractivity contribution in [1.29, 1.82) is 0 Å². The Balaban J connectivity index is 1.59. The summed E-state index contributed by atoms with van der Waals surface area (Å²) in [6.07, 6.45) is 1.68. The van der Waals surface area contributed by atoms with Crippen LogP contribution in [0.1, 0.15) is 12.8 Å². The molecule has 2 heterocycles. The summed E-state index contributed by atoms with van der Waals surface area (Å²) >= 11 is 0. The maximum atomic E-state index is 11.6. The van der Waals surface area contributed by atoms with E-state index in [0.29, 0.717) is 12.3 Å². The van der Waals surface area contributed by atoms with Crippen molar-refractivity contribution in [2.45, 2.75) is 18.1 Å². The number of rotatable bonds is 5. The molecule has 0 bridgehead atoms. The highest BCUT2D eigenvalue weighted by atomic mass is 32.2. The lowest BCUT2D eigenvalue weighted by atomic mass is 10.2. The molecule has 0 aliphatic carbocycles. The van der Waals surface area contributed by atoms with Gasteiger partial charge in [-0.2, -0.15) is 0 Å². The van der Waals surface area contributed by atoms with Gasteiger partial charge >= 0.3 is 0 Å². The molecule has 2 aliphatic rings. The van der Waals surface area contributed by atoms with Gasteiger partial charge in [0.2, 0.25) is 0 Å². The van der Waals surface area contributed by atoms with Crippen LogP contribution in [-0.2, 0) is 9.84 Å². The normalized spacial score (nSPS) is 29.7. The van der Waals surface area contributed by atoms with E-state index >= 15 is 0 Å². The molecule has 2 saturated heterocycles. The van der Waals surface area contributed by atoms with Crippen LogP contribution in [0, 0.1) is 0 Å². The van der Waals surface area contributed by atoms with E-state index in [-0.39, 0.29) is 5.25 Å². The van der Waals surface area contributed by atoms with Crippen LogP contribution >= 0.6 is 0 Å². The molecule has 5 nitrogen and oxygen atoms in total. The zero-order valence-corrected chi connectivity index (χ0v) is 12.1. The van der Waals surface area contributed by atoms with Crippen molar-refractivity contribution in [3.63, 3.8) is 0 Å². The number of sulfone groups is 1. The minimum atomic E-state index is -2.78. The highest BCUT2D eigenvalue weighted by molar-refractivity contribution is 7.92. The SMILES string of the molecule is CN1CCN(CCNCC2CCCS2(=O)=O)CC1. The molecule has 106 valence electrons. The van der Waals surface area contributed by atoms with E-state index in [4.69, 9.17) is 0 Å². The fraction of sp³-hybridized carbons (Fsp3) is 1.00. The van der Waals surface area contributed by atoms with Crippen LogP contribution in [0.15, 0.2) is 0 Å². The Hall–Kier alpha value is -0.170. The second kappa shape index (κ2) is 6.32. The summed E-state index contributed by atoms with van der Waals surface area (Å²) in [5.41, 5.74) is 0. The van der Waals surface area contributed by atoms with Crippen LogP contribution in [0.3, 0.4) is 0 Å². The summed E-state index contributed by atoms with van der Waals surface area (Å²) in [5, 5.41) is 3.17. The van der Waals surface area contributed by atoms with Gasteiger partial charge in [-0.3, -0.25) is 4.90 Å². The largest absolute Gasteiger partial charge is 0.314 e. The smallest absolute Gasteiger partial charge is 0.154 e. The van der Waals surface area contributed by atoms with E-state index < -0.39 is 9.84 Å². The van der Waals surface area contributed by atoms with Crippen molar-refractivity contribution in [2.24, 2.45) is 0 Å². The zero-order valence-electron chi connectivity index (χ0n) is 11.3. The third-order valence-electron chi connectivity index (χ3n) is 4.04. The maximum absolute atomic E-state index is 11.6. The van der Waals surface area contributed by atoms with Crippen molar-refractivity contribution in [3.8, 4) is 0 Å². The van der Waals surface area contributed by atoms with Crippen molar-refractivity contribution in [3.05, 3.63) is 0 Å². The Kier molecular flexibility index (Phi) is 5.00. The van der Waals surface area contributed by atoms with Crippen LogP contribution < -0.4 is 5.32 Å². The highest BCUT2D eigenvalue weighted by Gasteiger charge is 2.30. The van der Waals surface area contributed by atoms with Crippen molar-refractivity contribution in [2.75, 3.05) is 58.6 Å². The number of hydrogen-bond acceptors (Lipinski definition) is 5. The second-order valence-electron chi connectivity index (χ2n) is 5.48. The minimum absolute atomic E-state index is 0.134. The molecule has 0 amide bonds. The molecule has 0 saturated carbocycles. The third kappa shape index (κ3) is 3.91. The number of nitrogens with one attached hydrogen (secondary N) is 1. The Bertz CT molecular complexity index is 350. The summed E-state index contributed by atoms with van der Waals surface area (Å²) in [5.74, 6) is 0.387. The Morgan fingerprint density at radius 3 is 2.56 bits per heavy atom. The van der Waals surface area contributed by atoms with E-state index in [2.05, 4.69) is 22.2 Å². The lowest BCUT2D eigenvalue weighted by molar-refractivity contribution is 0.155. The molecule has 0 aromatic carbocycles. The summed E-state index contributed by atoms with van der Waals surface area (Å²) in [6, 6.07) is 0. The molecule has 0 aromatic rings. The topological polar surface area (TPSA) is 52.6 Å². The molecule has 2 aliphatic heterocycles. The number of nitrogens with zero attached hydrogens (tertiary/aromatic N) is 2. The van der Waals surface area contributed by atoms with E-state index in [1.54, 1.807) is 0 Å². The van der Waals surface area contributed by atoms with Crippen LogP contribution in [0.25, 0.3) is 0 Å². The first-order valence-corrected chi connectivity index (χ1v) is 8.63. The van der Waals surface area contributed by atoms with Crippen molar-refractivity contribution >= 4 is 9.84 Å². The van der Waals surface area contributed by atoms with Gasteiger partial charge in [-0.25, -0.2) is 8.42 Å². The summed E-state index contributed by atoms with van der Waals surface area (Å²) in [4.78, 5) is 4.78. The van der Waals surface area contributed by atoms with E-state index in [1.165, 1.54) is 0 Å². The number of likely N-dealkylation sites (N-methyl/N-ethyl adjacent to an activating group) is 1. The first-order valence-electron chi connectivity index (χ1n) is 6.91. The molecule has 1 atom stereocenters. The standard InChI is InChI=1S/C12H25N3O2S/c1-14-6-8-15(9-7-14)5-4-13-11-12-3-2-10-18(12,16)17/h12-13H,2-11H2,1H3. The Morgan fingerprint density at radius 2 is 1.94 bits per heavy atom. The molecule has 0 spiro atoms. The van der Waals surface area contributed by atoms with Gasteiger partial charge in [0.25, 0.3) is 0 Å². The summed E-state index contributed by atoms with van der Waals surface area (Å²) in [7, 11) is -0.629. The fourth-order valence-corrected chi connectivity index (χ4v) is 4.46. The minimum Gasteiger partial charge on any atom is -0.314 e. The Morgan fingerprint density at radius 1 is 1.22 bits per heavy atom. The first-order chi connectivity index (χ1) is 8.58.